The zero-order chi connectivity index (χ0) is 12.4. The van der Waals surface area contributed by atoms with Gasteiger partial charge < -0.3 is 9.84 Å². The lowest BCUT2D eigenvalue weighted by Crippen LogP contribution is -2.06. The third-order valence-electron chi connectivity index (χ3n) is 2.99. The Bertz CT molecular complexity index is 600. The smallest absolute Gasteiger partial charge is 0.213 e. The number of hydrogen-bond donors (Lipinski definition) is 1. The third kappa shape index (κ3) is 1.91. The molecule has 0 bridgehead atoms. The van der Waals surface area contributed by atoms with Crippen LogP contribution in [0.2, 0.25) is 0 Å². The number of fused-ring (bicyclic) bond motifs is 1. The minimum atomic E-state index is 0.400. The normalized spacial score (nSPS) is 13.1. The van der Waals surface area contributed by atoms with Gasteiger partial charge in [0.1, 0.15) is 11.9 Å². The second kappa shape index (κ2) is 4.45. The lowest BCUT2D eigenvalue weighted by Gasteiger charge is -2.07. The molecule has 0 aromatic carbocycles. The summed E-state index contributed by atoms with van der Waals surface area (Å²) in [6.07, 6.45) is 4.39. The molecule has 6 nitrogen and oxygen atoms in total. The van der Waals surface area contributed by atoms with Crippen molar-refractivity contribution in [2.24, 2.45) is 0 Å². The zero-order valence-electron chi connectivity index (χ0n) is 9.68. The van der Waals surface area contributed by atoms with Gasteiger partial charge in [-0.1, -0.05) is 5.16 Å². The Hall–Kier alpha value is -2.42. The van der Waals surface area contributed by atoms with Crippen LogP contribution in [0, 0.1) is 11.3 Å². The quantitative estimate of drug-likeness (QED) is 0.874. The van der Waals surface area contributed by atoms with Crippen molar-refractivity contribution in [2.45, 2.75) is 25.8 Å². The van der Waals surface area contributed by atoms with E-state index < -0.39 is 0 Å². The number of aryl methyl sites for hydroxylation is 2. The highest BCUT2D eigenvalue weighted by molar-refractivity contribution is 5.55. The predicted octanol–water partition coefficient (Wildman–Crippen LogP) is 1.44. The van der Waals surface area contributed by atoms with E-state index >= 15 is 0 Å². The molecule has 18 heavy (non-hydrogen) atoms. The van der Waals surface area contributed by atoms with E-state index in [0.29, 0.717) is 23.8 Å². The Morgan fingerprint density at radius 2 is 2.39 bits per heavy atom. The first-order valence-corrected chi connectivity index (χ1v) is 5.79. The van der Waals surface area contributed by atoms with Crippen LogP contribution in [0.1, 0.15) is 29.1 Å². The number of rotatable bonds is 3. The summed E-state index contributed by atoms with van der Waals surface area (Å²) in [5.41, 5.74) is 2.85. The van der Waals surface area contributed by atoms with E-state index in [-0.39, 0.29) is 0 Å². The van der Waals surface area contributed by atoms with Crippen LogP contribution in [0.4, 0.5) is 5.82 Å². The van der Waals surface area contributed by atoms with Gasteiger partial charge in [-0.25, -0.2) is 4.98 Å². The van der Waals surface area contributed by atoms with Crippen molar-refractivity contribution < 1.29 is 4.52 Å². The molecule has 2 aromatic rings. The van der Waals surface area contributed by atoms with Crippen LogP contribution in [0.15, 0.2) is 17.0 Å². The topological polar surface area (TPSA) is 87.6 Å². The molecule has 0 spiro atoms. The van der Waals surface area contributed by atoms with Crippen molar-refractivity contribution in [3.63, 3.8) is 0 Å². The van der Waals surface area contributed by atoms with Crippen LogP contribution in [0.3, 0.4) is 0 Å². The van der Waals surface area contributed by atoms with Crippen molar-refractivity contribution in [1.29, 1.82) is 5.26 Å². The summed E-state index contributed by atoms with van der Waals surface area (Å²) in [5, 5.41) is 15.9. The molecule has 0 saturated heterocycles. The van der Waals surface area contributed by atoms with Gasteiger partial charge in [0, 0.05) is 5.69 Å². The van der Waals surface area contributed by atoms with Crippen LogP contribution in [0.25, 0.3) is 0 Å². The molecule has 2 heterocycles. The number of hydrogen-bond acceptors (Lipinski definition) is 6. The number of nitrogens with one attached hydrogen (secondary N) is 1. The zero-order valence-corrected chi connectivity index (χ0v) is 9.68. The largest absolute Gasteiger partial charge is 0.362 e. The van der Waals surface area contributed by atoms with Gasteiger partial charge in [-0.3, -0.25) is 0 Å². The number of nitrogens with zero attached hydrogens (tertiary/aromatic N) is 4. The summed E-state index contributed by atoms with van der Waals surface area (Å²) in [6, 6.07) is 4.09. The lowest BCUT2D eigenvalue weighted by atomic mass is 10.1. The SMILES string of the molecule is N#Cc1cc2c(nc1NCc1ncon1)CCC2. The lowest BCUT2D eigenvalue weighted by molar-refractivity contribution is 0.411. The maximum atomic E-state index is 9.13. The molecule has 0 amide bonds. The van der Waals surface area contributed by atoms with E-state index in [9.17, 15) is 0 Å². The molecule has 0 atom stereocenters. The van der Waals surface area contributed by atoms with Gasteiger partial charge in [-0.05, 0) is 30.9 Å². The fraction of sp³-hybridized carbons (Fsp3) is 0.333. The molecule has 1 N–H and O–H groups in total. The Kier molecular flexibility index (Phi) is 2.65. The summed E-state index contributed by atoms with van der Waals surface area (Å²) in [5.74, 6) is 1.14. The van der Waals surface area contributed by atoms with Gasteiger partial charge >= 0.3 is 0 Å². The molecule has 6 heteroatoms. The summed E-state index contributed by atoms with van der Waals surface area (Å²) in [6.45, 7) is 0.400. The Morgan fingerprint density at radius 1 is 1.44 bits per heavy atom. The summed E-state index contributed by atoms with van der Waals surface area (Å²) in [7, 11) is 0. The van der Waals surface area contributed by atoms with Crippen LogP contribution in [-0.4, -0.2) is 15.1 Å². The van der Waals surface area contributed by atoms with Gasteiger partial charge in [0.25, 0.3) is 0 Å². The second-order valence-corrected chi connectivity index (χ2v) is 4.16. The van der Waals surface area contributed by atoms with Crippen molar-refractivity contribution in [3.8, 4) is 6.07 Å². The number of anilines is 1. The van der Waals surface area contributed by atoms with E-state index in [2.05, 4.69) is 31.0 Å². The minimum Gasteiger partial charge on any atom is -0.362 e. The molecule has 0 saturated carbocycles. The predicted molar refractivity (Wildman–Crippen MR) is 62.6 cm³/mol. The van der Waals surface area contributed by atoms with E-state index in [1.54, 1.807) is 0 Å². The molecule has 1 aliphatic rings. The van der Waals surface area contributed by atoms with E-state index in [4.69, 9.17) is 5.26 Å². The highest BCUT2D eigenvalue weighted by Gasteiger charge is 2.16. The molecule has 0 unspecified atom stereocenters. The van der Waals surface area contributed by atoms with Crippen LogP contribution < -0.4 is 5.32 Å². The van der Waals surface area contributed by atoms with Crippen LogP contribution in [0.5, 0.6) is 0 Å². The summed E-state index contributed by atoms with van der Waals surface area (Å²) >= 11 is 0. The molecule has 0 radical (unpaired) electrons. The first kappa shape index (κ1) is 10.7. The molecule has 0 fully saturated rings. The second-order valence-electron chi connectivity index (χ2n) is 4.16. The van der Waals surface area contributed by atoms with Crippen LogP contribution >= 0.6 is 0 Å². The average molecular weight is 241 g/mol. The Balaban J connectivity index is 1.85. The Labute approximate surface area is 104 Å². The number of nitriles is 1. The van der Waals surface area contributed by atoms with Gasteiger partial charge in [0.2, 0.25) is 6.39 Å². The average Bonchev–Trinajstić information content (AvgIpc) is 3.05. The first-order valence-electron chi connectivity index (χ1n) is 5.79. The van der Waals surface area contributed by atoms with E-state index in [1.807, 2.05) is 6.07 Å². The van der Waals surface area contributed by atoms with E-state index in [0.717, 1.165) is 25.0 Å². The number of pyridine rings is 1. The van der Waals surface area contributed by atoms with Crippen molar-refractivity contribution in [1.82, 2.24) is 15.1 Å². The first-order chi connectivity index (χ1) is 8.86. The molecule has 3 rings (SSSR count). The Morgan fingerprint density at radius 3 is 3.17 bits per heavy atom. The van der Waals surface area contributed by atoms with Gasteiger partial charge in [-0.15, -0.1) is 0 Å². The molecule has 0 aliphatic heterocycles. The maximum absolute atomic E-state index is 9.13. The highest BCUT2D eigenvalue weighted by atomic mass is 16.5. The molecule has 90 valence electrons. The minimum absolute atomic E-state index is 0.400. The number of aromatic nitrogens is 3. The van der Waals surface area contributed by atoms with E-state index in [1.165, 1.54) is 12.0 Å². The maximum Gasteiger partial charge on any atom is 0.213 e. The standard InChI is InChI=1S/C12H11N5O/c13-5-9-4-8-2-1-3-10(8)16-12(9)14-6-11-15-7-18-17-11/h4,7H,1-3,6H2,(H,14,16). The van der Waals surface area contributed by atoms with Crippen LogP contribution in [-0.2, 0) is 19.4 Å². The highest BCUT2D eigenvalue weighted by Crippen LogP contribution is 2.24. The molecule has 1 aliphatic carbocycles. The van der Waals surface area contributed by atoms with Crippen molar-refractivity contribution >= 4 is 5.82 Å². The third-order valence-corrected chi connectivity index (χ3v) is 2.99. The summed E-state index contributed by atoms with van der Waals surface area (Å²) in [4.78, 5) is 8.41. The van der Waals surface area contributed by atoms with Gasteiger partial charge in [0.05, 0.1) is 12.1 Å². The fourth-order valence-corrected chi connectivity index (χ4v) is 2.13. The molecular weight excluding hydrogens is 230 g/mol. The van der Waals surface area contributed by atoms with Crippen molar-refractivity contribution in [2.75, 3.05) is 5.32 Å². The van der Waals surface area contributed by atoms with Gasteiger partial charge in [0.15, 0.2) is 5.82 Å². The van der Waals surface area contributed by atoms with Crippen molar-refractivity contribution in [3.05, 3.63) is 35.1 Å². The monoisotopic (exact) mass is 241 g/mol. The summed E-state index contributed by atoms with van der Waals surface area (Å²) < 4.78 is 4.65. The molecular formula is C12H11N5O. The van der Waals surface area contributed by atoms with Gasteiger partial charge in [-0.2, -0.15) is 10.2 Å². The molecule has 2 aromatic heterocycles. The fourth-order valence-electron chi connectivity index (χ4n) is 2.13.